The van der Waals surface area contributed by atoms with E-state index in [1.807, 2.05) is 60.7 Å². The van der Waals surface area contributed by atoms with Crippen LogP contribution in [0.3, 0.4) is 0 Å². The van der Waals surface area contributed by atoms with Gasteiger partial charge in [-0.25, -0.2) is 4.79 Å². The van der Waals surface area contributed by atoms with Crippen LogP contribution in [0.4, 0.5) is 0 Å². The summed E-state index contributed by atoms with van der Waals surface area (Å²) in [7, 11) is 1.66. The van der Waals surface area contributed by atoms with Gasteiger partial charge in [-0.15, -0.1) is 0 Å². The highest BCUT2D eigenvalue weighted by atomic mass is 16.5. The molecule has 4 rings (SSSR count). The molecule has 4 aromatic rings. The molecule has 33 heavy (non-hydrogen) atoms. The van der Waals surface area contributed by atoms with Crippen molar-refractivity contribution in [3.8, 4) is 22.6 Å². The zero-order valence-corrected chi connectivity index (χ0v) is 19.3. The van der Waals surface area contributed by atoms with Crippen molar-refractivity contribution >= 4 is 11.0 Å². The Balaban J connectivity index is 1.72. The Morgan fingerprint density at radius 1 is 0.879 bits per heavy atom. The molecule has 0 amide bonds. The maximum Gasteiger partial charge on any atom is 0.336 e. The SMILES string of the molecule is CCCCCCc1cc2c(-c3ccccc3)cc(=O)oc2cc1OCc1cccc(OC)c1. The summed E-state index contributed by atoms with van der Waals surface area (Å²) in [5.74, 6) is 1.56. The molecule has 3 aromatic carbocycles. The summed E-state index contributed by atoms with van der Waals surface area (Å²) in [5, 5.41) is 0.931. The molecule has 0 aliphatic carbocycles. The number of rotatable bonds is 10. The Morgan fingerprint density at radius 2 is 1.73 bits per heavy atom. The van der Waals surface area contributed by atoms with E-state index in [1.165, 1.54) is 19.3 Å². The summed E-state index contributed by atoms with van der Waals surface area (Å²) in [4.78, 5) is 12.3. The van der Waals surface area contributed by atoms with Gasteiger partial charge in [-0.05, 0) is 53.3 Å². The molecule has 0 fully saturated rings. The van der Waals surface area contributed by atoms with E-state index >= 15 is 0 Å². The largest absolute Gasteiger partial charge is 0.497 e. The molecule has 0 bridgehead atoms. The van der Waals surface area contributed by atoms with Gasteiger partial charge in [0.1, 0.15) is 23.7 Å². The summed E-state index contributed by atoms with van der Waals surface area (Å²) < 4.78 is 17.2. The van der Waals surface area contributed by atoms with E-state index in [0.717, 1.165) is 52.0 Å². The van der Waals surface area contributed by atoms with Gasteiger partial charge in [0, 0.05) is 17.5 Å². The number of ether oxygens (including phenoxy) is 2. The lowest BCUT2D eigenvalue weighted by Crippen LogP contribution is -2.02. The minimum Gasteiger partial charge on any atom is -0.497 e. The topological polar surface area (TPSA) is 48.7 Å². The van der Waals surface area contributed by atoms with Crippen LogP contribution in [0.15, 0.2) is 82.0 Å². The molecule has 0 N–H and O–H groups in total. The van der Waals surface area contributed by atoms with Crippen LogP contribution in [-0.4, -0.2) is 7.11 Å². The smallest absolute Gasteiger partial charge is 0.336 e. The van der Waals surface area contributed by atoms with Gasteiger partial charge in [0.25, 0.3) is 0 Å². The second-order valence-electron chi connectivity index (χ2n) is 8.25. The van der Waals surface area contributed by atoms with Crippen molar-refractivity contribution in [2.24, 2.45) is 0 Å². The number of fused-ring (bicyclic) bond motifs is 1. The van der Waals surface area contributed by atoms with E-state index in [1.54, 1.807) is 13.2 Å². The van der Waals surface area contributed by atoms with E-state index in [0.29, 0.717) is 12.2 Å². The lowest BCUT2D eigenvalue weighted by molar-refractivity contribution is 0.301. The molecular formula is C29H30O4. The lowest BCUT2D eigenvalue weighted by Gasteiger charge is -2.15. The molecule has 1 heterocycles. The van der Waals surface area contributed by atoms with Gasteiger partial charge in [0.05, 0.1) is 7.11 Å². The quantitative estimate of drug-likeness (QED) is 0.193. The molecule has 0 saturated carbocycles. The Kier molecular flexibility index (Phi) is 7.46. The van der Waals surface area contributed by atoms with Crippen LogP contribution in [0.25, 0.3) is 22.1 Å². The lowest BCUT2D eigenvalue weighted by atomic mass is 9.98. The highest BCUT2D eigenvalue weighted by Crippen LogP contribution is 2.33. The first kappa shape index (κ1) is 22.7. The molecule has 0 aliphatic rings. The highest BCUT2D eigenvalue weighted by Gasteiger charge is 2.14. The third kappa shape index (κ3) is 5.64. The summed E-state index contributed by atoms with van der Waals surface area (Å²) in [6, 6.07) is 23.4. The molecule has 0 spiro atoms. The van der Waals surface area contributed by atoms with Crippen molar-refractivity contribution in [1.82, 2.24) is 0 Å². The zero-order chi connectivity index (χ0) is 23.0. The molecule has 1 aromatic heterocycles. The maximum absolute atomic E-state index is 12.3. The van der Waals surface area contributed by atoms with E-state index in [4.69, 9.17) is 13.9 Å². The van der Waals surface area contributed by atoms with Crippen LogP contribution < -0.4 is 15.1 Å². The van der Waals surface area contributed by atoms with Crippen LogP contribution in [0.5, 0.6) is 11.5 Å². The van der Waals surface area contributed by atoms with Crippen molar-refractivity contribution < 1.29 is 13.9 Å². The summed E-state index contributed by atoms with van der Waals surface area (Å²) >= 11 is 0. The first-order valence-corrected chi connectivity index (χ1v) is 11.6. The van der Waals surface area contributed by atoms with Crippen molar-refractivity contribution in [3.05, 3.63) is 94.3 Å². The molecule has 4 nitrogen and oxygen atoms in total. The molecule has 0 aliphatic heterocycles. The van der Waals surface area contributed by atoms with Gasteiger partial charge in [0.2, 0.25) is 0 Å². The Hall–Kier alpha value is -3.53. The van der Waals surface area contributed by atoms with E-state index < -0.39 is 0 Å². The fourth-order valence-electron chi connectivity index (χ4n) is 4.09. The van der Waals surface area contributed by atoms with Crippen LogP contribution >= 0.6 is 0 Å². The van der Waals surface area contributed by atoms with Crippen LogP contribution in [-0.2, 0) is 13.0 Å². The van der Waals surface area contributed by atoms with E-state index in [2.05, 4.69) is 13.0 Å². The van der Waals surface area contributed by atoms with Gasteiger partial charge in [-0.1, -0.05) is 68.7 Å². The summed E-state index contributed by atoms with van der Waals surface area (Å²) in [6.07, 6.45) is 5.60. The maximum atomic E-state index is 12.3. The van der Waals surface area contributed by atoms with Crippen LogP contribution in [0, 0.1) is 0 Å². The molecule has 0 saturated heterocycles. The minimum atomic E-state index is -0.365. The molecular weight excluding hydrogens is 412 g/mol. The van der Waals surface area contributed by atoms with Crippen LogP contribution in [0.1, 0.15) is 43.7 Å². The first-order valence-electron chi connectivity index (χ1n) is 11.6. The Morgan fingerprint density at radius 3 is 2.52 bits per heavy atom. The van der Waals surface area contributed by atoms with Gasteiger partial charge in [0.15, 0.2) is 0 Å². The molecule has 0 atom stereocenters. The molecule has 0 radical (unpaired) electrons. The monoisotopic (exact) mass is 442 g/mol. The number of hydrogen-bond donors (Lipinski definition) is 0. The van der Waals surface area contributed by atoms with Gasteiger partial charge in [-0.3, -0.25) is 0 Å². The van der Waals surface area contributed by atoms with Crippen molar-refractivity contribution in [2.45, 2.75) is 45.6 Å². The van der Waals surface area contributed by atoms with E-state index in [-0.39, 0.29) is 5.63 Å². The molecule has 0 unspecified atom stereocenters. The average molecular weight is 443 g/mol. The average Bonchev–Trinajstić information content (AvgIpc) is 2.85. The first-order chi connectivity index (χ1) is 16.2. The normalized spacial score (nSPS) is 11.0. The third-order valence-corrected chi connectivity index (χ3v) is 5.84. The number of methoxy groups -OCH3 is 1. The van der Waals surface area contributed by atoms with Crippen molar-refractivity contribution in [3.63, 3.8) is 0 Å². The number of hydrogen-bond acceptors (Lipinski definition) is 4. The third-order valence-electron chi connectivity index (χ3n) is 5.84. The Labute approximate surface area is 194 Å². The number of aryl methyl sites for hydroxylation is 1. The fraction of sp³-hybridized carbons (Fsp3) is 0.276. The summed E-state index contributed by atoms with van der Waals surface area (Å²) in [5.41, 5.74) is 4.21. The minimum absolute atomic E-state index is 0.365. The number of unbranched alkanes of at least 4 members (excludes halogenated alkanes) is 3. The Bertz CT molecular complexity index is 1260. The fourth-order valence-corrected chi connectivity index (χ4v) is 4.09. The van der Waals surface area contributed by atoms with Gasteiger partial charge in [-0.2, -0.15) is 0 Å². The van der Waals surface area contributed by atoms with Crippen molar-refractivity contribution in [2.75, 3.05) is 7.11 Å². The highest BCUT2D eigenvalue weighted by molar-refractivity contribution is 5.94. The van der Waals surface area contributed by atoms with Crippen LogP contribution in [0.2, 0.25) is 0 Å². The number of benzene rings is 3. The van der Waals surface area contributed by atoms with E-state index in [9.17, 15) is 4.79 Å². The zero-order valence-electron chi connectivity index (χ0n) is 19.3. The molecule has 4 heteroatoms. The molecule has 170 valence electrons. The second-order valence-corrected chi connectivity index (χ2v) is 8.25. The predicted molar refractivity (Wildman–Crippen MR) is 133 cm³/mol. The van der Waals surface area contributed by atoms with Gasteiger partial charge >= 0.3 is 5.63 Å². The predicted octanol–water partition coefficient (Wildman–Crippen LogP) is 7.17. The second kappa shape index (κ2) is 10.9. The standard InChI is InChI=1S/C29H30O4/c1-3-4-5-7-14-23-17-26-25(22-12-8-6-9-13-22)18-29(30)33-28(26)19-27(23)32-20-21-11-10-15-24(16-21)31-2/h6,8-13,15-19H,3-5,7,14,20H2,1-2H3. The summed E-state index contributed by atoms with van der Waals surface area (Å²) in [6.45, 7) is 2.63. The van der Waals surface area contributed by atoms with Gasteiger partial charge < -0.3 is 13.9 Å². The van der Waals surface area contributed by atoms with Crippen molar-refractivity contribution in [1.29, 1.82) is 0 Å².